The Balaban J connectivity index is 1.05. The summed E-state index contributed by atoms with van der Waals surface area (Å²) in [6.07, 6.45) is 10.1. The lowest BCUT2D eigenvalue weighted by Crippen LogP contribution is -2.58. The van der Waals surface area contributed by atoms with Crippen molar-refractivity contribution in [2.45, 2.75) is 101 Å². The summed E-state index contributed by atoms with van der Waals surface area (Å²) in [5.74, 6) is -1.39. The minimum Gasteiger partial charge on any atom is -0.380 e. The van der Waals surface area contributed by atoms with Gasteiger partial charge >= 0.3 is 0 Å². The van der Waals surface area contributed by atoms with Gasteiger partial charge in [0.1, 0.15) is 0 Å². The number of carbonyl (C=O) groups is 1. The number of halogens is 2. The third kappa shape index (κ3) is 6.31. The average Bonchev–Trinajstić information content (AvgIpc) is 3.66. The van der Waals surface area contributed by atoms with Crippen LogP contribution in [0.1, 0.15) is 71.1 Å². The molecule has 4 heterocycles. The zero-order chi connectivity index (χ0) is 27.2. The Morgan fingerprint density at radius 3 is 2.62 bits per heavy atom. The van der Waals surface area contributed by atoms with Gasteiger partial charge in [-0.25, -0.2) is 19.6 Å². The van der Waals surface area contributed by atoms with Crippen LogP contribution in [0.2, 0.25) is 0 Å². The molecule has 0 aromatic carbocycles. The fourth-order valence-electron chi connectivity index (χ4n) is 8.20. The van der Waals surface area contributed by atoms with Crippen LogP contribution < -0.4 is 21.5 Å². The van der Waals surface area contributed by atoms with Crippen LogP contribution in [0.15, 0.2) is 0 Å². The van der Waals surface area contributed by atoms with Crippen LogP contribution in [0.5, 0.6) is 0 Å². The Kier molecular flexibility index (Phi) is 8.25. The molecule has 4 saturated heterocycles. The van der Waals surface area contributed by atoms with Crippen molar-refractivity contribution < 1.29 is 18.3 Å². The third-order valence-electron chi connectivity index (χ3n) is 11.0. The van der Waals surface area contributed by atoms with Gasteiger partial charge in [-0.1, -0.05) is 13.3 Å². The molecule has 2 aliphatic carbocycles. The number of nitrogens with zero attached hydrogens (tertiary/aromatic N) is 2. The number of nitrogens with one attached hydrogen (secondary N) is 4. The molecular formula is C29H50F2N6O2. The predicted octanol–water partition coefficient (Wildman–Crippen LogP) is 2.52. The third-order valence-corrected chi connectivity index (χ3v) is 11.0. The molecule has 1 amide bonds. The van der Waals surface area contributed by atoms with E-state index in [9.17, 15) is 13.6 Å². The number of alkyl halides is 2. The summed E-state index contributed by atoms with van der Waals surface area (Å²) in [4.78, 5) is 18.2. The SMILES string of the molecule is C[C@@H]1CN(CC2CC(C(=O)NC3CCCC(C4(CC5NNCN5C)COC4)C3)NC(C3CC3)C2)CCC1(F)F. The first-order valence-corrected chi connectivity index (χ1v) is 15.6. The Morgan fingerprint density at radius 2 is 1.95 bits per heavy atom. The smallest absolute Gasteiger partial charge is 0.253 e. The normalized spacial score (nSPS) is 41.2. The van der Waals surface area contributed by atoms with Gasteiger partial charge in [-0.15, -0.1) is 0 Å². The van der Waals surface area contributed by atoms with E-state index in [4.69, 9.17) is 4.74 Å². The molecule has 222 valence electrons. The van der Waals surface area contributed by atoms with Crippen LogP contribution >= 0.6 is 0 Å². The molecule has 39 heavy (non-hydrogen) atoms. The zero-order valence-electron chi connectivity index (χ0n) is 23.9. The standard InChI is InChI=1S/C29H50F2N6O2/c1-19-14-37(9-8-29(19,30)31)15-20-10-24(21-6-7-21)34-25(11-20)27(38)33-23-5-3-4-22(12-23)28(16-39-17-28)13-26-35-32-18-36(26)2/h19-26,32,34-35H,3-18H2,1-2H3,(H,33,38)/t19-,20?,22?,23?,24?,25?,26?/m1/s1. The highest BCUT2D eigenvalue weighted by Crippen LogP contribution is 2.47. The molecule has 4 N–H and O–H groups in total. The van der Waals surface area contributed by atoms with Crippen LogP contribution in [0.3, 0.4) is 0 Å². The Morgan fingerprint density at radius 1 is 1.13 bits per heavy atom. The number of carbonyl (C=O) groups excluding carboxylic acids is 1. The van der Waals surface area contributed by atoms with Crippen LogP contribution in [0, 0.1) is 29.1 Å². The number of ether oxygens (including phenoxy) is 1. The first-order chi connectivity index (χ1) is 18.7. The number of hydrogen-bond acceptors (Lipinski definition) is 7. The number of piperidine rings is 2. The molecule has 4 aliphatic heterocycles. The molecule has 6 rings (SSSR count). The molecule has 6 unspecified atom stereocenters. The van der Waals surface area contributed by atoms with E-state index in [-0.39, 0.29) is 29.8 Å². The lowest BCUT2D eigenvalue weighted by atomic mass is 9.64. The topological polar surface area (TPSA) is 80.9 Å². The number of likely N-dealkylation sites (tertiary alicyclic amines) is 1. The van der Waals surface area contributed by atoms with E-state index in [2.05, 4.69) is 38.3 Å². The van der Waals surface area contributed by atoms with Crippen molar-refractivity contribution in [3.63, 3.8) is 0 Å². The number of amides is 1. The number of rotatable bonds is 8. The van der Waals surface area contributed by atoms with Gasteiger partial charge in [0.2, 0.25) is 5.91 Å². The highest BCUT2D eigenvalue weighted by atomic mass is 19.3. The summed E-state index contributed by atoms with van der Waals surface area (Å²) in [6.45, 7) is 5.92. The van der Waals surface area contributed by atoms with Crippen molar-refractivity contribution in [1.82, 2.24) is 31.3 Å². The van der Waals surface area contributed by atoms with Gasteiger partial charge in [0.15, 0.2) is 0 Å². The molecule has 0 bridgehead atoms. The van der Waals surface area contributed by atoms with Crippen molar-refractivity contribution in [1.29, 1.82) is 0 Å². The first-order valence-electron chi connectivity index (χ1n) is 15.6. The monoisotopic (exact) mass is 552 g/mol. The van der Waals surface area contributed by atoms with Crippen molar-refractivity contribution in [3.8, 4) is 0 Å². The van der Waals surface area contributed by atoms with Gasteiger partial charge in [0.25, 0.3) is 5.92 Å². The van der Waals surface area contributed by atoms with E-state index >= 15 is 0 Å². The van der Waals surface area contributed by atoms with Crippen LogP contribution in [0.25, 0.3) is 0 Å². The van der Waals surface area contributed by atoms with E-state index < -0.39 is 11.8 Å². The predicted molar refractivity (Wildman–Crippen MR) is 146 cm³/mol. The number of hydrazine groups is 1. The maximum absolute atomic E-state index is 14.1. The second-order valence-corrected chi connectivity index (χ2v) is 14.1. The summed E-state index contributed by atoms with van der Waals surface area (Å²) in [5.41, 5.74) is 6.86. The Labute approximate surface area is 232 Å². The fraction of sp³-hybridized carbons (Fsp3) is 0.966. The van der Waals surface area contributed by atoms with Crippen LogP contribution in [-0.4, -0.2) is 92.5 Å². The second kappa shape index (κ2) is 11.4. The van der Waals surface area contributed by atoms with E-state index in [0.717, 1.165) is 65.0 Å². The minimum atomic E-state index is -2.55. The van der Waals surface area contributed by atoms with Gasteiger partial charge in [-0.3, -0.25) is 9.69 Å². The minimum absolute atomic E-state index is 0.0475. The summed E-state index contributed by atoms with van der Waals surface area (Å²) in [7, 11) is 2.15. The molecule has 6 aliphatic rings. The summed E-state index contributed by atoms with van der Waals surface area (Å²) >= 11 is 0. The molecule has 0 aromatic rings. The Bertz CT molecular complexity index is 871. The van der Waals surface area contributed by atoms with E-state index in [1.165, 1.54) is 19.3 Å². The molecular weight excluding hydrogens is 502 g/mol. The maximum Gasteiger partial charge on any atom is 0.253 e. The molecule has 0 radical (unpaired) electrons. The van der Waals surface area contributed by atoms with Crippen molar-refractivity contribution >= 4 is 5.91 Å². The number of hydrogen-bond donors (Lipinski definition) is 4. The van der Waals surface area contributed by atoms with Gasteiger partial charge in [0, 0.05) is 49.5 Å². The summed E-state index contributed by atoms with van der Waals surface area (Å²) in [6, 6.07) is 0.414. The first kappa shape index (κ1) is 28.2. The van der Waals surface area contributed by atoms with Gasteiger partial charge < -0.3 is 20.3 Å². The summed E-state index contributed by atoms with van der Waals surface area (Å²) in [5, 5.41) is 7.19. The van der Waals surface area contributed by atoms with Crippen LogP contribution in [-0.2, 0) is 9.53 Å². The largest absolute Gasteiger partial charge is 0.380 e. The van der Waals surface area contributed by atoms with E-state index in [1.54, 1.807) is 6.92 Å². The van der Waals surface area contributed by atoms with Crippen molar-refractivity contribution in [2.75, 3.05) is 46.6 Å². The van der Waals surface area contributed by atoms with Gasteiger partial charge in [0.05, 0.1) is 32.1 Å². The summed E-state index contributed by atoms with van der Waals surface area (Å²) < 4.78 is 33.9. The second-order valence-electron chi connectivity index (χ2n) is 14.1. The lowest BCUT2D eigenvalue weighted by molar-refractivity contribution is -0.166. The highest BCUT2D eigenvalue weighted by molar-refractivity contribution is 5.82. The molecule has 2 saturated carbocycles. The molecule has 8 nitrogen and oxygen atoms in total. The molecule has 10 heteroatoms. The van der Waals surface area contributed by atoms with Crippen molar-refractivity contribution in [2.24, 2.45) is 29.1 Å². The van der Waals surface area contributed by atoms with Crippen LogP contribution in [0.4, 0.5) is 8.78 Å². The van der Waals surface area contributed by atoms with E-state index in [1.807, 2.05) is 0 Å². The molecule has 0 spiro atoms. The fourth-order valence-corrected chi connectivity index (χ4v) is 8.20. The molecule has 7 atom stereocenters. The van der Waals surface area contributed by atoms with Gasteiger partial charge in [-0.2, -0.15) is 0 Å². The average molecular weight is 553 g/mol. The molecule has 0 aromatic heterocycles. The quantitative estimate of drug-likeness (QED) is 0.369. The van der Waals surface area contributed by atoms with E-state index in [0.29, 0.717) is 43.1 Å². The molecule has 6 fully saturated rings. The Hall–Kier alpha value is -0.910. The maximum atomic E-state index is 14.1. The zero-order valence-corrected chi connectivity index (χ0v) is 23.9. The highest BCUT2D eigenvalue weighted by Gasteiger charge is 2.50. The van der Waals surface area contributed by atoms with Gasteiger partial charge in [-0.05, 0) is 76.2 Å². The van der Waals surface area contributed by atoms with Crippen molar-refractivity contribution in [3.05, 3.63) is 0 Å². The lowest BCUT2D eigenvalue weighted by Gasteiger charge is -2.51.